The zero-order valence-electron chi connectivity index (χ0n) is 11.4. The van der Waals surface area contributed by atoms with Gasteiger partial charge in [0.25, 0.3) is 0 Å². The van der Waals surface area contributed by atoms with Gasteiger partial charge in [-0.3, -0.25) is 0 Å². The SMILES string of the molecule is C=CC1N=C(C(C)(C)C)OC1C1CCCCC1. The van der Waals surface area contributed by atoms with Crippen molar-refractivity contribution < 1.29 is 4.74 Å². The summed E-state index contributed by atoms with van der Waals surface area (Å²) in [6, 6.07) is 0.173. The predicted molar refractivity (Wildman–Crippen MR) is 72.3 cm³/mol. The van der Waals surface area contributed by atoms with Gasteiger partial charge < -0.3 is 4.74 Å². The van der Waals surface area contributed by atoms with E-state index in [-0.39, 0.29) is 17.6 Å². The van der Waals surface area contributed by atoms with Crippen LogP contribution in [0.1, 0.15) is 52.9 Å². The van der Waals surface area contributed by atoms with E-state index in [4.69, 9.17) is 9.73 Å². The molecule has 0 N–H and O–H groups in total. The number of hydrogen-bond acceptors (Lipinski definition) is 2. The zero-order chi connectivity index (χ0) is 12.5. The van der Waals surface area contributed by atoms with Crippen LogP contribution in [0.25, 0.3) is 0 Å². The first-order valence-electron chi connectivity index (χ1n) is 6.90. The van der Waals surface area contributed by atoms with Gasteiger partial charge in [-0.05, 0) is 18.8 Å². The fourth-order valence-electron chi connectivity index (χ4n) is 2.83. The molecule has 0 aromatic carbocycles. The van der Waals surface area contributed by atoms with Gasteiger partial charge >= 0.3 is 0 Å². The highest BCUT2D eigenvalue weighted by molar-refractivity contribution is 5.83. The predicted octanol–water partition coefficient (Wildman–Crippen LogP) is 3.96. The average molecular weight is 235 g/mol. The molecule has 2 aliphatic rings. The van der Waals surface area contributed by atoms with Crippen LogP contribution in [0.2, 0.25) is 0 Å². The van der Waals surface area contributed by atoms with E-state index < -0.39 is 0 Å². The molecule has 0 aromatic rings. The molecular weight excluding hydrogens is 210 g/mol. The summed E-state index contributed by atoms with van der Waals surface area (Å²) in [7, 11) is 0. The molecule has 1 heterocycles. The van der Waals surface area contributed by atoms with Gasteiger partial charge in [0.2, 0.25) is 0 Å². The third-order valence-corrected chi connectivity index (χ3v) is 3.85. The molecule has 2 atom stereocenters. The Balaban J connectivity index is 2.08. The van der Waals surface area contributed by atoms with E-state index in [1.807, 2.05) is 6.08 Å². The lowest BCUT2D eigenvalue weighted by molar-refractivity contribution is 0.0978. The van der Waals surface area contributed by atoms with Gasteiger partial charge in [-0.25, -0.2) is 4.99 Å². The van der Waals surface area contributed by atoms with Gasteiger partial charge in [0, 0.05) is 5.41 Å². The van der Waals surface area contributed by atoms with Gasteiger partial charge in [0.1, 0.15) is 12.1 Å². The normalized spacial score (nSPS) is 30.9. The lowest BCUT2D eigenvalue weighted by atomic mass is 9.83. The second-order valence-electron chi connectivity index (χ2n) is 6.39. The monoisotopic (exact) mass is 235 g/mol. The van der Waals surface area contributed by atoms with Crippen molar-refractivity contribution in [3.8, 4) is 0 Å². The minimum atomic E-state index is 0.0185. The number of nitrogens with zero attached hydrogens (tertiary/aromatic N) is 1. The molecule has 2 nitrogen and oxygen atoms in total. The molecule has 0 saturated heterocycles. The van der Waals surface area contributed by atoms with E-state index in [1.54, 1.807) is 0 Å². The first-order valence-corrected chi connectivity index (χ1v) is 6.90. The summed E-state index contributed by atoms with van der Waals surface area (Å²) in [6.07, 6.45) is 8.87. The van der Waals surface area contributed by atoms with Gasteiger partial charge in [0.05, 0.1) is 0 Å². The Kier molecular flexibility index (Phi) is 3.60. The van der Waals surface area contributed by atoms with E-state index in [0.717, 1.165) is 5.90 Å². The molecule has 2 rings (SSSR count). The van der Waals surface area contributed by atoms with Crippen molar-refractivity contribution >= 4 is 5.90 Å². The summed E-state index contributed by atoms with van der Waals surface area (Å²) in [4.78, 5) is 4.71. The molecule has 0 amide bonds. The average Bonchev–Trinajstić information content (AvgIpc) is 2.73. The Labute approximate surface area is 105 Å². The molecule has 1 fully saturated rings. The van der Waals surface area contributed by atoms with Crippen molar-refractivity contribution in [1.29, 1.82) is 0 Å². The topological polar surface area (TPSA) is 21.6 Å². The maximum atomic E-state index is 6.15. The molecule has 2 unspecified atom stereocenters. The quantitative estimate of drug-likeness (QED) is 0.664. The molecule has 1 saturated carbocycles. The molecule has 2 heteroatoms. The van der Waals surface area contributed by atoms with Gasteiger partial charge in [0.15, 0.2) is 5.90 Å². The molecule has 1 aliphatic carbocycles. The van der Waals surface area contributed by atoms with Crippen molar-refractivity contribution in [2.45, 2.75) is 65.0 Å². The maximum Gasteiger partial charge on any atom is 0.189 e. The standard InChI is InChI=1S/C15H25NO/c1-5-12-13(11-9-7-6-8-10-11)17-14(16-12)15(2,3)4/h5,11-13H,1,6-10H2,2-4H3. The van der Waals surface area contributed by atoms with Crippen LogP contribution in [-0.4, -0.2) is 18.0 Å². The lowest BCUT2D eigenvalue weighted by Gasteiger charge is -2.30. The number of ether oxygens (including phenoxy) is 1. The van der Waals surface area contributed by atoms with Crippen LogP contribution in [0.15, 0.2) is 17.6 Å². The fraction of sp³-hybridized carbons (Fsp3) is 0.800. The third kappa shape index (κ3) is 2.72. The van der Waals surface area contributed by atoms with Crippen LogP contribution < -0.4 is 0 Å². The van der Waals surface area contributed by atoms with Crippen molar-refractivity contribution in [3.05, 3.63) is 12.7 Å². The van der Waals surface area contributed by atoms with E-state index in [0.29, 0.717) is 5.92 Å². The molecule has 96 valence electrons. The summed E-state index contributed by atoms with van der Waals surface area (Å²) >= 11 is 0. The highest BCUT2D eigenvalue weighted by atomic mass is 16.5. The smallest absolute Gasteiger partial charge is 0.189 e. The van der Waals surface area contributed by atoms with E-state index in [1.165, 1.54) is 32.1 Å². The zero-order valence-corrected chi connectivity index (χ0v) is 11.4. The Hall–Kier alpha value is -0.790. The summed E-state index contributed by atoms with van der Waals surface area (Å²) in [5.74, 6) is 1.59. The van der Waals surface area contributed by atoms with Crippen molar-refractivity contribution in [2.75, 3.05) is 0 Å². The molecule has 0 aromatic heterocycles. The number of aliphatic imine (C=N–C) groups is 1. The van der Waals surface area contributed by atoms with Gasteiger partial charge in [-0.15, -0.1) is 6.58 Å². The van der Waals surface area contributed by atoms with Crippen molar-refractivity contribution in [2.24, 2.45) is 16.3 Å². The van der Waals surface area contributed by atoms with Gasteiger partial charge in [-0.1, -0.05) is 46.1 Å². The van der Waals surface area contributed by atoms with Crippen molar-refractivity contribution in [1.82, 2.24) is 0 Å². The highest BCUT2D eigenvalue weighted by Gasteiger charge is 2.39. The lowest BCUT2D eigenvalue weighted by Crippen LogP contribution is -2.33. The number of hydrogen-bond donors (Lipinski definition) is 0. The molecule has 1 aliphatic heterocycles. The Bertz CT molecular complexity index is 307. The summed E-state index contributed by atoms with van der Waals surface area (Å²) in [5.41, 5.74) is 0.0185. The Morgan fingerprint density at radius 3 is 2.41 bits per heavy atom. The van der Waals surface area contributed by atoms with Crippen LogP contribution in [0.3, 0.4) is 0 Å². The molecule has 17 heavy (non-hydrogen) atoms. The van der Waals surface area contributed by atoms with Gasteiger partial charge in [-0.2, -0.15) is 0 Å². The van der Waals surface area contributed by atoms with Crippen molar-refractivity contribution in [3.63, 3.8) is 0 Å². The van der Waals surface area contributed by atoms with Crippen LogP contribution in [0, 0.1) is 11.3 Å². The van der Waals surface area contributed by atoms with E-state index in [9.17, 15) is 0 Å². The van der Waals surface area contributed by atoms with Crippen LogP contribution in [0.4, 0.5) is 0 Å². The van der Waals surface area contributed by atoms with E-state index in [2.05, 4.69) is 27.4 Å². The molecule has 0 spiro atoms. The first-order chi connectivity index (χ1) is 8.02. The minimum absolute atomic E-state index is 0.0185. The maximum absolute atomic E-state index is 6.15. The first kappa shape index (κ1) is 12.7. The summed E-state index contributed by atoms with van der Waals surface area (Å²) < 4.78 is 6.15. The molecular formula is C15H25NO. The second kappa shape index (κ2) is 4.83. The minimum Gasteiger partial charge on any atom is -0.474 e. The molecule has 0 bridgehead atoms. The Morgan fingerprint density at radius 1 is 1.24 bits per heavy atom. The van der Waals surface area contributed by atoms with E-state index >= 15 is 0 Å². The van der Waals surface area contributed by atoms with Crippen LogP contribution >= 0.6 is 0 Å². The van der Waals surface area contributed by atoms with Crippen LogP contribution in [-0.2, 0) is 4.74 Å². The Morgan fingerprint density at radius 2 is 1.88 bits per heavy atom. The second-order valence-corrected chi connectivity index (χ2v) is 6.39. The summed E-state index contributed by atoms with van der Waals surface area (Å²) in [5, 5.41) is 0. The molecule has 0 radical (unpaired) electrons. The number of rotatable bonds is 2. The fourth-order valence-corrected chi connectivity index (χ4v) is 2.83. The largest absolute Gasteiger partial charge is 0.474 e. The van der Waals surface area contributed by atoms with Crippen LogP contribution in [0.5, 0.6) is 0 Å². The summed E-state index contributed by atoms with van der Waals surface area (Å²) in [6.45, 7) is 10.4. The highest BCUT2D eigenvalue weighted by Crippen LogP contribution is 2.36. The third-order valence-electron chi connectivity index (χ3n) is 3.85.